The van der Waals surface area contributed by atoms with Crippen LogP contribution in [0.4, 0.5) is 0 Å². The first-order chi connectivity index (χ1) is 9.88. The number of esters is 2. The van der Waals surface area contributed by atoms with Gasteiger partial charge in [0, 0.05) is 13.3 Å². The van der Waals surface area contributed by atoms with Crippen molar-refractivity contribution in [3.05, 3.63) is 23.3 Å². The van der Waals surface area contributed by atoms with E-state index in [0.717, 1.165) is 12.8 Å². The summed E-state index contributed by atoms with van der Waals surface area (Å²) >= 11 is 0. The number of ether oxygens (including phenoxy) is 2. The van der Waals surface area contributed by atoms with E-state index < -0.39 is 0 Å². The van der Waals surface area contributed by atoms with Gasteiger partial charge in [0.25, 0.3) is 0 Å². The third kappa shape index (κ3) is 3.74. The Morgan fingerprint density at radius 1 is 1.33 bits per heavy atom. The molecular weight excluding hydrogens is 268 g/mol. The summed E-state index contributed by atoms with van der Waals surface area (Å²) in [6.07, 6.45) is 6.21. The fourth-order valence-electron chi connectivity index (χ4n) is 3.21. The minimum Gasteiger partial charge on any atom is -0.461 e. The molecule has 0 bridgehead atoms. The van der Waals surface area contributed by atoms with Crippen molar-refractivity contribution < 1.29 is 19.1 Å². The van der Waals surface area contributed by atoms with Gasteiger partial charge in [-0.1, -0.05) is 24.1 Å². The highest BCUT2D eigenvalue weighted by atomic mass is 16.6. The molecule has 1 aliphatic carbocycles. The minimum absolute atomic E-state index is 0.113. The van der Waals surface area contributed by atoms with Gasteiger partial charge in [-0.2, -0.15) is 0 Å². The molecule has 0 spiro atoms. The molecule has 1 heterocycles. The maximum absolute atomic E-state index is 12.0. The number of fused-ring (bicyclic) bond motifs is 1. The van der Waals surface area contributed by atoms with Crippen molar-refractivity contribution in [2.24, 2.45) is 11.8 Å². The molecule has 0 aromatic rings. The molecule has 1 fully saturated rings. The molecule has 0 amide bonds. The van der Waals surface area contributed by atoms with Gasteiger partial charge in [0.05, 0.1) is 11.8 Å². The fraction of sp³-hybridized carbons (Fsp3) is 0.647. The van der Waals surface area contributed by atoms with E-state index >= 15 is 0 Å². The Morgan fingerprint density at radius 2 is 2.05 bits per heavy atom. The Labute approximate surface area is 126 Å². The Balaban J connectivity index is 2.36. The highest BCUT2D eigenvalue weighted by Crippen LogP contribution is 2.37. The third-order valence-corrected chi connectivity index (χ3v) is 4.33. The van der Waals surface area contributed by atoms with Crippen LogP contribution in [0, 0.1) is 11.8 Å². The maximum Gasteiger partial charge on any atom is 0.309 e. The van der Waals surface area contributed by atoms with Crippen LogP contribution in [0.1, 0.15) is 47.0 Å². The van der Waals surface area contributed by atoms with Gasteiger partial charge in [0.1, 0.15) is 12.2 Å². The van der Waals surface area contributed by atoms with E-state index in [1.807, 2.05) is 19.9 Å². The molecule has 116 valence electrons. The number of carbonyl (C=O) groups excluding carboxylic acids is 2. The zero-order valence-electron chi connectivity index (χ0n) is 13.2. The predicted molar refractivity (Wildman–Crippen MR) is 79.5 cm³/mol. The van der Waals surface area contributed by atoms with E-state index in [2.05, 4.69) is 13.0 Å². The summed E-state index contributed by atoms with van der Waals surface area (Å²) in [7, 11) is 0. The Hall–Kier alpha value is -1.58. The van der Waals surface area contributed by atoms with Crippen molar-refractivity contribution >= 4 is 11.9 Å². The van der Waals surface area contributed by atoms with Crippen molar-refractivity contribution in [3.63, 3.8) is 0 Å². The lowest BCUT2D eigenvalue weighted by atomic mass is 9.82. The van der Waals surface area contributed by atoms with Crippen LogP contribution in [0.15, 0.2) is 23.3 Å². The van der Waals surface area contributed by atoms with Crippen molar-refractivity contribution in [3.8, 4) is 0 Å². The molecule has 2 aliphatic rings. The SMILES string of the molecule is CC(=O)OC1C=C(C)CCC=C(C)CC2OC(=O)C(C)C12. The molecule has 21 heavy (non-hydrogen) atoms. The van der Waals surface area contributed by atoms with Gasteiger partial charge < -0.3 is 9.47 Å². The van der Waals surface area contributed by atoms with E-state index in [1.54, 1.807) is 0 Å². The molecule has 4 heteroatoms. The number of hydrogen-bond donors (Lipinski definition) is 0. The second-order valence-electron chi connectivity index (χ2n) is 6.22. The summed E-state index contributed by atoms with van der Waals surface area (Å²) in [5.41, 5.74) is 2.40. The van der Waals surface area contributed by atoms with Crippen molar-refractivity contribution in [1.82, 2.24) is 0 Å². The number of rotatable bonds is 1. The van der Waals surface area contributed by atoms with Crippen LogP contribution in [0.25, 0.3) is 0 Å². The Kier molecular flexibility index (Phi) is 4.86. The van der Waals surface area contributed by atoms with Gasteiger partial charge in [-0.3, -0.25) is 9.59 Å². The van der Waals surface area contributed by atoms with E-state index in [0.29, 0.717) is 6.42 Å². The van der Waals surface area contributed by atoms with E-state index in [-0.39, 0.29) is 36.0 Å². The summed E-state index contributed by atoms with van der Waals surface area (Å²) in [5.74, 6) is -0.882. The number of allylic oxidation sites excluding steroid dienone is 2. The number of carbonyl (C=O) groups is 2. The van der Waals surface area contributed by atoms with Crippen LogP contribution in [-0.2, 0) is 19.1 Å². The maximum atomic E-state index is 12.0. The third-order valence-electron chi connectivity index (χ3n) is 4.33. The first-order valence-corrected chi connectivity index (χ1v) is 7.59. The highest BCUT2D eigenvalue weighted by molar-refractivity contribution is 5.75. The second-order valence-corrected chi connectivity index (χ2v) is 6.22. The summed E-state index contributed by atoms with van der Waals surface area (Å²) in [6.45, 7) is 7.37. The van der Waals surface area contributed by atoms with Crippen LogP contribution in [0.3, 0.4) is 0 Å². The van der Waals surface area contributed by atoms with E-state index in [4.69, 9.17) is 9.47 Å². The molecule has 0 aromatic carbocycles. The lowest BCUT2D eigenvalue weighted by Gasteiger charge is -2.27. The van der Waals surface area contributed by atoms with Crippen molar-refractivity contribution in [2.45, 2.75) is 59.2 Å². The first kappa shape index (κ1) is 15.8. The molecular formula is C17H24O4. The zero-order valence-corrected chi connectivity index (χ0v) is 13.2. The fourth-order valence-corrected chi connectivity index (χ4v) is 3.21. The molecule has 1 aliphatic heterocycles. The average molecular weight is 292 g/mol. The van der Waals surface area contributed by atoms with Crippen molar-refractivity contribution in [1.29, 1.82) is 0 Å². The van der Waals surface area contributed by atoms with Crippen LogP contribution < -0.4 is 0 Å². The van der Waals surface area contributed by atoms with Gasteiger partial charge in [-0.25, -0.2) is 0 Å². The second kappa shape index (κ2) is 6.46. The molecule has 0 radical (unpaired) electrons. The molecule has 0 N–H and O–H groups in total. The summed E-state index contributed by atoms with van der Waals surface area (Å²) in [4.78, 5) is 23.4. The molecule has 4 unspecified atom stereocenters. The Bertz CT molecular complexity index is 489. The summed E-state index contributed by atoms with van der Waals surface area (Å²) in [6, 6.07) is 0. The first-order valence-electron chi connectivity index (χ1n) is 7.59. The van der Waals surface area contributed by atoms with Gasteiger partial charge >= 0.3 is 11.9 Å². The van der Waals surface area contributed by atoms with Crippen LogP contribution in [0.2, 0.25) is 0 Å². The van der Waals surface area contributed by atoms with Crippen LogP contribution in [0.5, 0.6) is 0 Å². The van der Waals surface area contributed by atoms with Crippen LogP contribution >= 0.6 is 0 Å². The molecule has 0 aromatic heterocycles. The standard InChI is InChI=1S/C17H24O4/c1-10-6-5-7-11(2)9-15-16(12(3)17(19)21-15)14(8-10)20-13(4)18/h7-8,12,14-16H,5-6,9H2,1-4H3. The lowest BCUT2D eigenvalue weighted by Crippen LogP contribution is -2.34. The topological polar surface area (TPSA) is 52.6 Å². The van der Waals surface area contributed by atoms with E-state index in [9.17, 15) is 9.59 Å². The molecule has 4 nitrogen and oxygen atoms in total. The van der Waals surface area contributed by atoms with Crippen LogP contribution in [-0.4, -0.2) is 24.1 Å². The minimum atomic E-state index is -0.389. The molecule has 1 saturated heterocycles. The predicted octanol–water partition coefficient (Wildman–Crippen LogP) is 3.17. The summed E-state index contributed by atoms with van der Waals surface area (Å²) < 4.78 is 11.0. The average Bonchev–Trinajstić information content (AvgIpc) is 2.62. The zero-order chi connectivity index (χ0) is 15.6. The largest absolute Gasteiger partial charge is 0.461 e. The lowest BCUT2D eigenvalue weighted by molar-refractivity contribution is -0.147. The monoisotopic (exact) mass is 292 g/mol. The van der Waals surface area contributed by atoms with Crippen molar-refractivity contribution in [2.75, 3.05) is 0 Å². The molecule has 4 atom stereocenters. The van der Waals surface area contributed by atoms with Gasteiger partial charge in [0.2, 0.25) is 0 Å². The highest BCUT2D eigenvalue weighted by Gasteiger charge is 2.46. The quantitative estimate of drug-likeness (QED) is 0.550. The van der Waals surface area contributed by atoms with Gasteiger partial charge in [-0.15, -0.1) is 0 Å². The number of hydrogen-bond acceptors (Lipinski definition) is 4. The Morgan fingerprint density at radius 3 is 2.71 bits per heavy atom. The normalized spacial score (nSPS) is 33.4. The van der Waals surface area contributed by atoms with Gasteiger partial charge in [0.15, 0.2) is 0 Å². The molecule has 2 rings (SSSR count). The molecule has 0 saturated carbocycles. The van der Waals surface area contributed by atoms with E-state index in [1.165, 1.54) is 18.1 Å². The summed E-state index contributed by atoms with van der Waals surface area (Å²) in [5, 5.41) is 0. The smallest absolute Gasteiger partial charge is 0.309 e. The van der Waals surface area contributed by atoms with Gasteiger partial charge in [-0.05, 0) is 32.8 Å².